The lowest BCUT2D eigenvalue weighted by atomic mass is 9.94. The minimum Gasteiger partial charge on any atom is -0.343 e. The van der Waals surface area contributed by atoms with E-state index < -0.39 is 9.84 Å². The largest absolute Gasteiger partial charge is 0.343 e. The first-order valence-corrected chi connectivity index (χ1v) is 13.9. The molecule has 10 heteroatoms. The molecule has 1 saturated heterocycles. The lowest BCUT2D eigenvalue weighted by Gasteiger charge is -2.31. The zero-order valence-electron chi connectivity index (χ0n) is 19.0. The molecule has 0 N–H and O–H groups in total. The average molecular weight is 520 g/mol. The van der Waals surface area contributed by atoms with Crippen LogP contribution >= 0.6 is 22.9 Å². The van der Waals surface area contributed by atoms with Crippen LogP contribution in [0.5, 0.6) is 0 Å². The number of thiazole rings is 1. The molecule has 1 amide bonds. The van der Waals surface area contributed by atoms with E-state index in [1.54, 1.807) is 52.9 Å². The van der Waals surface area contributed by atoms with Gasteiger partial charge >= 0.3 is 0 Å². The summed E-state index contributed by atoms with van der Waals surface area (Å²) < 4.78 is 27.5. The summed E-state index contributed by atoms with van der Waals surface area (Å²) in [6.07, 6.45) is 2.27. The molecule has 0 unspecified atom stereocenters. The zero-order valence-corrected chi connectivity index (χ0v) is 21.4. The van der Waals surface area contributed by atoms with Gasteiger partial charge in [-0.3, -0.25) is 14.6 Å². The summed E-state index contributed by atoms with van der Waals surface area (Å²) in [7, 11) is -0.0635. The summed E-state index contributed by atoms with van der Waals surface area (Å²) in [4.78, 5) is 32.3. The van der Waals surface area contributed by atoms with Crippen LogP contribution in [0.2, 0.25) is 5.02 Å². The molecule has 2 aromatic carbocycles. The summed E-state index contributed by atoms with van der Waals surface area (Å²) in [5.74, 6) is -0.209. The molecular weight excluding hydrogens is 494 g/mol. The molecule has 0 atom stereocenters. The Balaban J connectivity index is 1.38. The van der Waals surface area contributed by atoms with Crippen molar-refractivity contribution in [2.45, 2.75) is 30.1 Å². The van der Waals surface area contributed by atoms with Crippen molar-refractivity contribution in [3.63, 3.8) is 0 Å². The summed E-state index contributed by atoms with van der Waals surface area (Å²) in [5, 5.41) is 2.24. The number of aldehydes is 1. The number of amides is 1. The van der Waals surface area contributed by atoms with Gasteiger partial charge in [-0.1, -0.05) is 23.7 Å². The van der Waals surface area contributed by atoms with Gasteiger partial charge in [0.05, 0.1) is 16.3 Å². The molecule has 0 saturated carbocycles. The minimum absolute atomic E-state index is 0.0575. The van der Waals surface area contributed by atoms with Gasteiger partial charge in [0, 0.05) is 43.5 Å². The van der Waals surface area contributed by atoms with Crippen LogP contribution in [-0.4, -0.2) is 56.0 Å². The van der Waals surface area contributed by atoms with Crippen molar-refractivity contribution in [3.05, 3.63) is 56.8 Å². The van der Waals surface area contributed by atoms with Gasteiger partial charge in [-0.15, -0.1) is 11.3 Å². The molecule has 3 aromatic rings. The lowest BCUT2D eigenvalue weighted by molar-refractivity contribution is -0.131. The number of likely N-dealkylation sites (tertiary alicyclic amines) is 1. The summed E-state index contributed by atoms with van der Waals surface area (Å²) in [5.41, 5.74) is 0.638. The predicted octanol–water partition coefficient (Wildman–Crippen LogP) is 3.81. The van der Waals surface area contributed by atoms with Gasteiger partial charge in [-0.2, -0.15) is 0 Å². The van der Waals surface area contributed by atoms with Crippen LogP contribution in [0.3, 0.4) is 0 Å². The first-order valence-electron chi connectivity index (χ1n) is 11.0. The van der Waals surface area contributed by atoms with Crippen LogP contribution in [0.1, 0.15) is 40.5 Å². The zero-order chi connectivity index (χ0) is 24.5. The van der Waals surface area contributed by atoms with Crippen LogP contribution in [0.25, 0.3) is 10.8 Å². The van der Waals surface area contributed by atoms with Gasteiger partial charge in [-0.05, 0) is 53.8 Å². The first kappa shape index (κ1) is 24.6. The average Bonchev–Trinajstić information content (AvgIpc) is 3.17. The van der Waals surface area contributed by atoms with E-state index >= 15 is 0 Å². The molecule has 4 rings (SSSR count). The fourth-order valence-electron chi connectivity index (χ4n) is 4.39. The number of rotatable bonds is 6. The number of halogens is 1. The van der Waals surface area contributed by atoms with Crippen LogP contribution in [0.4, 0.5) is 0 Å². The molecule has 0 radical (unpaired) electrons. The van der Waals surface area contributed by atoms with E-state index in [0.29, 0.717) is 23.8 Å². The van der Waals surface area contributed by atoms with Crippen LogP contribution in [-0.2, 0) is 21.7 Å². The predicted molar refractivity (Wildman–Crippen MR) is 134 cm³/mol. The van der Waals surface area contributed by atoms with Gasteiger partial charge in [0.2, 0.25) is 5.91 Å². The highest BCUT2D eigenvalue weighted by Gasteiger charge is 2.28. The van der Waals surface area contributed by atoms with Gasteiger partial charge in [-0.25, -0.2) is 8.42 Å². The van der Waals surface area contributed by atoms with E-state index in [0.717, 1.165) is 39.6 Å². The Labute approximate surface area is 207 Å². The summed E-state index contributed by atoms with van der Waals surface area (Å²) >= 11 is 7.51. The van der Waals surface area contributed by atoms with Crippen LogP contribution in [0.15, 0.2) is 46.3 Å². The molecular formula is C24H26ClN3O4S2. The molecule has 0 spiro atoms. The second kappa shape index (κ2) is 10.0. The van der Waals surface area contributed by atoms with E-state index in [2.05, 4.69) is 4.99 Å². The molecule has 180 valence electrons. The highest BCUT2D eigenvalue weighted by molar-refractivity contribution is 7.91. The van der Waals surface area contributed by atoms with Crippen LogP contribution < -0.4 is 4.80 Å². The van der Waals surface area contributed by atoms with Gasteiger partial charge in [0.1, 0.15) is 0 Å². The van der Waals surface area contributed by atoms with Crippen molar-refractivity contribution in [1.82, 2.24) is 9.47 Å². The Hall–Kier alpha value is -2.49. The number of benzene rings is 2. The second-order valence-corrected chi connectivity index (χ2v) is 12.0. The maximum absolute atomic E-state index is 12.9. The quantitative estimate of drug-likeness (QED) is 0.463. The Morgan fingerprint density at radius 1 is 1.18 bits per heavy atom. The molecule has 34 heavy (non-hydrogen) atoms. The number of hydrogen-bond donors (Lipinski definition) is 0. The summed E-state index contributed by atoms with van der Waals surface area (Å²) in [6.45, 7) is 1.08. The maximum atomic E-state index is 12.9. The second-order valence-electron chi connectivity index (χ2n) is 8.41. The van der Waals surface area contributed by atoms with Crippen LogP contribution in [0, 0.1) is 0 Å². The van der Waals surface area contributed by atoms with Crippen molar-refractivity contribution in [3.8, 4) is 0 Å². The molecule has 7 nitrogen and oxygen atoms in total. The highest BCUT2D eigenvalue weighted by atomic mass is 35.5. The standard InChI is InChI=1S/C24H26ClN3O4S2/c1-26-24-27(2)21(15-29)23(33-24)16-7-10-28(11-8-16)22(30)9-12-34(31,32)20-6-4-17-13-19(25)5-3-18(17)14-20/h3-6,13-16H,7-12H2,1-2H3. The Morgan fingerprint density at radius 3 is 2.53 bits per heavy atom. The summed E-state index contributed by atoms with van der Waals surface area (Å²) in [6, 6.07) is 10.2. The Morgan fingerprint density at radius 2 is 1.85 bits per heavy atom. The van der Waals surface area contributed by atoms with E-state index in [4.69, 9.17) is 11.6 Å². The topological polar surface area (TPSA) is 88.8 Å². The number of sulfone groups is 1. The number of carbonyl (C=O) groups excluding carboxylic acids is 2. The van der Waals surface area contributed by atoms with Crippen molar-refractivity contribution in [2.24, 2.45) is 12.0 Å². The maximum Gasteiger partial charge on any atom is 0.223 e. The van der Waals surface area contributed by atoms with E-state index in [1.165, 1.54) is 11.3 Å². The van der Waals surface area contributed by atoms with Gasteiger partial charge in [0.15, 0.2) is 20.9 Å². The number of carbonyl (C=O) groups is 2. The van der Waals surface area contributed by atoms with E-state index in [-0.39, 0.29) is 28.9 Å². The number of aromatic nitrogens is 1. The third-order valence-corrected chi connectivity index (χ3v) is 9.69. The molecule has 1 aliphatic heterocycles. The van der Waals surface area contributed by atoms with Gasteiger partial charge in [0.25, 0.3) is 0 Å². The first-order chi connectivity index (χ1) is 16.2. The third kappa shape index (κ3) is 4.96. The van der Waals surface area contributed by atoms with Crippen molar-refractivity contribution >= 4 is 55.7 Å². The smallest absolute Gasteiger partial charge is 0.223 e. The van der Waals surface area contributed by atoms with Gasteiger partial charge < -0.3 is 9.47 Å². The van der Waals surface area contributed by atoms with E-state index in [9.17, 15) is 18.0 Å². The SMILES string of the molecule is CN=c1sc(C2CCN(C(=O)CCS(=O)(=O)c3ccc4cc(Cl)ccc4c3)CC2)c(C=O)n1C. The minimum atomic E-state index is -3.59. The molecule has 1 aliphatic rings. The third-order valence-electron chi connectivity index (χ3n) is 6.34. The number of fused-ring (bicyclic) bond motifs is 1. The van der Waals surface area contributed by atoms with Crippen molar-refractivity contribution in [1.29, 1.82) is 0 Å². The Kier molecular flexibility index (Phi) is 7.25. The number of piperidine rings is 1. The Bertz CT molecular complexity index is 1420. The molecule has 2 heterocycles. The van der Waals surface area contributed by atoms with Crippen molar-refractivity contribution in [2.75, 3.05) is 25.9 Å². The monoisotopic (exact) mass is 519 g/mol. The van der Waals surface area contributed by atoms with Crippen molar-refractivity contribution < 1.29 is 18.0 Å². The molecule has 0 bridgehead atoms. The fourth-order valence-corrected chi connectivity index (χ4v) is 7.05. The molecule has 0 aliphatic carbocycles. The normalized spacial score (nSPS) is 15.7. The molecule has 1 aromatic heterocycles. The highest BCUT2D eigenvalue weighted by Crippen LogP contribution is 2.32. The fraction of sp³-hybridized carbons (Fsp3) is 0.375. The molecule has 1 fully saturated rings. The number of nitrogens with zero attached hydrogens (tertiary/aromatic N) is 3. The number of hydrogen-bond acceptors (Lipinski definition) is 6. The van der Waals surface area contributed by atoms with E-state index in [1.807, 2.05) is 7.05 Å². The lowest BCUT2D eigenvalue weighted by Crippen LogP contribution is -2.38.